The van der Waals surface area contributed by atoms with Gasteiger partial charge in [0, 0.05) is 6.26 Å². The maximum Gasteiger partial charge on any atom is 0.200 e. The molecule has 2 rings (SSSR count). The van der Waals surface area contributed by atoms with Crippen molar-refractivity contribution in [3.8, 4) is 16.9 Å². The summed E-state index contributed by atoms with van der Waals surface area (Å²) in [5.74, 6) is -3.34. The van der Waals surface area contributed by atoms with Crippen LogP contribution in [0.25, 0.3) is 11.1 Å². The Labute approximate surface area is 109 Å². The highest BCUT2D eigenvalue weighted by molar-refractivity contribution is 7.90. The molecule has 19 heavy (non-hydrogen) atoms. The van der Waals surface area contributed by atoms with Gasteiger partial charge in [-0.25, -0.2) is 12.8 Å². The minimum atomic E-state index is -3.39. The smallest absolute Gasteiger partial charge is 0.200 e. The van der Waals surface area contributed by atoms with E-state index in [1.54, 1.807) is 6.07 Å². The first-order valence-electron chi connectivity index (χ1n) is 5.27. The molecule has 2 aromatic rings. The predicted molar refractivity (Wildman–Crippen MR) is 66.6 cm³/mol. The molecule has 0 bridgehead atoms. The Morgan fingerprint density at radius 3 is 2.32 bits per heavy atom. The van der Waals surface area contributed by atoms with Gasteiger partial charge in [0.15, 0.2) is 27.2 Å². The summed E-state index contributed by atoms with van der Waals surface area (Å²) < 4.78 is 49.0. The number of aromatic hydroxyl groups is 1. The fourth-order valence-corrected chi connectivity index (χ4v) is 2.31. The summed E-state index contributed by atoms with van der Waals surface area (Å²) in [5, 5.41) is 9.24. The lowest BCUT2D eigenvalue weighted by atomic mass is 10.1. The molecule has 0 aliphatic carbocycles. The average molecular weight is 284 g/mol. The molecule has 0 heterocycles. The monoisotopic (exact) mass is 284 g/mol. The first-order chi connectivity index (χ1) is 8.79. The summed E-state index contributed by atoms with van der Waals surface area (Å²) in [6.07, 6.45) is 1.05. The van der Waals surface area contributed by atoms with Crippen molar-refractivity contribution in [3.05, 3.63) is 48.0 Å². The van der Waals surface area contributed by atoms with E-state index in [1.165, 1.54) is 18.2 Å². The zero-order valence-electron chi connectivity index (χ0n) is 9.89. The molecule has 0 amide bonds. The molecule has 2 aromatic carbocycles. The molecule has 3 nitrogen and oxygen atoms in total. The van der Waals surface area contributed by atoms with E-state index in [0.29, 0.717) is 5.56 Å². The van der Waals surface area contributed by atoms with Crippen LogP contribution in [-0.2, 0) is 9.84 Å². The summed E-state index contributed by atoms with van der Waals surface area (Å²) in [6, 6.07) is 7.71. The van der Waals surface area contributed by atoms with Crippen LogP contribution in [0.3, 0.4) is 0 Å². The van der Waals surface area contributed by atoms with Gasteiger partial charge in [-0.3, -0.25) is 0 Å². The van der Waals surface area contributed by atoms with Gasteiger partial charge in [-0.15, -0.1) is 0 Å². The Balaban J connectivity index is 2.60. The highest BCUT2D eigenvalue weighted by atomic mass is 32.2. The van der Waals surface area contributed by atoms with Crippen molar-refractivity contribution >= 4 is 9.84 Å². The Bertz CT molecular complexity index is 716. The lowest BCUT2D eigenvalue weighted by molar-refractivity contribution is 0.407. The molecule has 0 aliphatic heterocycles. The van der Waals surface area contributed by atoms with Crippen LogP contribution in [0, 0.1) is 11.6 Å². The molecule has 0 saturated heterocycles. The van der Waals surface area contributed by atoms with Crippen LogP contribution in [0.2, 0.25) is 0 Å². The van der Waals surface area contributed by atoms with Crippen LogP contribution >= 0.6 is 0 Å². The fourth-order valence-electron chi connectivity index (χ4n) is 1.65. The van der Waals surface area contributed by atoms with Crippen molar-refractivity contribution in [1.82, 2.24) is 0 Å². The molecule has 0 unspecified atom stereocenters. The molecule has 100 valence electrons. The molecule has 0 spiro atoms. The summed E-state index contributed by atoms with van der Waals surface area (Å²) >= 11 is 0. The second-order valence-corrected chi connectivity index (χ2v) is 6.11. The van der Waals surface area contributed by atoms with Crippen molar-refractivity contribution in [3.63, 3.8) is 0 Å². The quantitative estimate of drug-likeness (QED) is 0.922. The molecule has 0 radical (unpaired) electrons. The average Bonchev–Trinajstić information content (AvgIpc) is 2.34. The molecular formula is C13H10F2O3S. The third-order valence-corrected chi connectivity index (χ3v) is 3.71. The minimum absolute atomic E-state index is 0.0641. The van der Waals surface area contributed by atoms with Crippen LogP contribution in [0.4, 0.5) is 8.78 Å². The van der Waals surface area contributed by atoms with E-state index < -0.39 is 27.2 Å². The predicted octanol–water partition coefficient (Wildman–Crippen LogP) is 2.74. The van der Waals surface area contributed by atoms with Crippen molar-refractivity contribution in [2.75, 3.05) is 6.26 Å². The van der Waals surface area contributed by atoms with Gasteiger partial charge in [0.1, 0.15) is 0 Å². The standard InChI is InChI=1S/C13H10F2O3S/c1-19(17,18)10-4-2-3-8(5-10)9-6-11(14)13(15)12(16)7-9/h2-7,16H,1H3. The molecule has 0 aromatic heterocycles. The van der Waals surface area contributed by atoms with Crippen LogP contribution in [0.15, 0.2) is 41.3 Å². The molecule has 0 aliphatic rings. The van der Waals surface area contributed by atoms with E-state index in [9.17, 15) is 22.3 Å². The van der Waals surface area contributed by atoms with Crippen LogP contribution < -0.4 is 0 Å². The van der Waals surface area contributed by atoms with Gasteiger partial charge in [-0.1, -0.05) is 12.1 Å². The Kier molecular flexibility index (Phi) is 3.28. The number of phenols is 1. The van der Waals surface area contributed by atoms with E-state index in [2.05, 4.69) is 0 Å². The largest absolute Gasteiger partial charge is 0.505 e. The van der Waals surface area contributed by atoms with Crippen LogP contribution in [0.1, 0.15) is 0 Å². The summed E-state index contributed by atoms with van der Waals surface area (Å²) in [6.45, 7) is 0. The SMILES string of the molecule is CS(=O)(=O)c1cccc(-c2cc(O)c(F)c(F)c2)c1. The summed E-state index contributed by atoms with van der Waals surface area (Å²) in [5.41, 5.74) is 0.569. The fraction of sp³-hybridized carbons (Fsp3) is 0.0769. The van der Waals surface area contributed by atoms with Gasteiger partial charge in [0.05, 0.1) is 4.90 Å². The number of phenolic OH excluding ortho intramolecular Hbond substituents is 1. The third-order valence-electron chi connectivity index (χ3n) is 2.60. The van der Waals surface area contributed by atoms with Gasteiger partial charge >= 0.3 is 0 Å². The van der Waals surface area contributed by atoms with E-state index in [4.69, 9.17) is 0 Å². The number of hydrogen-bond acceptors (Lipinski definition) is 3. The molecule has 0 saturated carbocycles. The van der Waals surface area contributed by atoms with Crippen molar-refractivity contribution in [2.24, 2.45) is 0 Å². The maximum atomic E-state index is 13.2. The Morgan fingerprint density at radius 1 is 1.05 bits per heavy atom. The summed E-state index contributed by atoms with van der Waals surface area (Å²) in [7, 11) is -3.39. The Morgan fingerprint density at radius 2 is 1.74 bits per heavy atom. The number of sulfone groups is 1. The van der Waals surface area contributed by atoms with E-state index in [-0.39, 0.29) is 10.5 Å². The van der Waals surface area contributed by atoms with Crippen molar-refractivity contribution in [1.29, 1.82) is 0 Å². The van der Waals surface area contributed by atoms with Gasteiger partial charge in [0.2, 0.25) is 0 Å². The Hall–Kier alpha value is -1.95. The summed E-state index contributed by atoms with van der Waals surface area (Å²) in [4.78, 5) is 0.0641. The van der Waals surface area contributed by atoms with Crippen molar-refractivity contribution < 1.29 is 22.3 Å². The van der Waals surface area contributed by atoms with Gasteiger partial charge < -0.3 is 5.11 Å². The maximum absolute atomic E-state index is 13.2. The molecule has 0 fully saturated rings. The number of rotatable bonds is 2. The lowest BCUT2D eigenvalue weighted by Gasteiger charge is -2.06. The number of halogens is 2. The number of benzene rings is 2. The topological polar surface area (TPSA) is 54.4 Å². The van der Waals surface area contributed by atoms with Gasteiger partial charge in [-0.2, -0.15) is 4.39 Å². The third kappa shape index (κ3) is 2.73. The molecule has 0 atom stereocenters. The first kappa shape index (κ1) is 13.5. The molecular weight excluding hydrogens is 274 g/mol. The molecule has 6 heteroatoms. The second kappa shape index (κ2) is 4.62. The van der Waals surface area contributed by atoms with Gasteiger partial charge in [-0.05, 0) is 35.4 Å². The lowest BCUT2D eigenvalue weighted by Crippen LogP contribution is -1.97. The number of hydrogen-bond donors (Lipinski definition) is 1. The van der Waals surface area contributed by atoms with E-state index in [0.717, 1.165) is 18.4 Å². The first-order valence-corrected chi connectivity index (χ1v) is 7.16. The van der Waals surface area contributed by atoms with E-state index in [1.807, 2.05) is 0 Å². The van der Waals surface area contributed by atoms with Crippen molar-refractivity contribution in [2.45, 2.75) is 4.90 Å². The van der Waals surface area contributed by atoms with Crippen LogP contribution in [0.5, 0.6) is 5.75 Å². The zero-order chi connectivity index (χ0) is 14.2. The minimum Gasteiger partial charge on any atom is -0.505 e. The van der Waals surface area contributed by atoms with Crippen LogP contribution in [-0.4, -0.2) is 19.8 Å². The molecule has 1 N–H and O–H groups in total. The highest BCUT2D eigenvalue weighted by Crippen LogP contribution is 2.29. The van der Waals surface area contributed by atoms with E-state index >= 15 is 0 Å². The normalized spacial score (nSPS) is 11.5. The second-order valence-electron chi connectivity index (χ2n) is 4.09. The van der Waals surface area contributed by atoms with Gasteiger partial charge in [0.25, 0.3) is 0 Å². The highest BCUT2D eigenvalue weighted by Gasteiger charge is 2.13. The zero-order valence-corrected chi connectivity index (χ0v) is 10.7.